The van der Waals surface area contributed by atoms with E-state index in [0.717, 1.165) is 6.92 Å². The molecular weight excluding hydrogens is 506 g/mol. The summed E-state index contributed by atoms with van der Waals surface area (Å²) in [5.41, 5.74) is -0.875. The third kappa shape index (κ3) is 14.4. The first-order valence-electron chi connectivity index (χ1n) is 9.10. The molecule has 15 heteroatoms. The second kappa shape index (κ2) is 12.0. The minimum Gasteiger partial charge on any atom is -0.460 e. The molecule has 0 heterocycles. The molecule has 0 saturated carbocycles. The SMILES string of the molecule is C[C@H](NC(=O)OC(C)(C)C)C(=O)N[C@@H](CC(F)(F)F)C(=O)N[C@@H](C)C(=O)OCC(Cl)(Cl)Cl. The van der Waals surface area contributed by atoms with Crippen molar-refractivity contribution in [1.82, 2.24) is 16.0 Å². The molecule has 0 unspecified atom stereocenters. The average Bonchev–Trinajstić information content (AvgIpc) is 2.54. The molecule has 0 spiro atoms. The van der Waals surface area contributed by atoms with Crippen LogP contribution in [0.4, 0.5) is 18.0 Å². The zero-order chi connectivity index (χ0) is 25.5. The lowest BCUT2D eigenvalue weighted by Gasteiger charge is -2.25. The highest BCUT2D eigenvalue weighted by Gasteiger charge is 2.38. The first-order valence-corrected chi connectivity index (χ1v) is 10.2. The van der Waals surface area contributed by atoms with Crippen molar-refractivity contribution >= 4 is 58.7 Å². The van der Waals surface area contributed by atoms with Crippen molar-refractivity contribution in [3.05, 3.63) is 0 Å². The van der Waals surface area contributed by atoms with Crippen LogP contribution in [0.15, 0.2) is 0 Å². The van der Waals surface area contributed by atoms with E-state index in [4.69, 9.17) is 39.5 Å². The molecule has 0 bridgehead atoms. The van der Waals surface area contributed by atoms with Gasteiger partial charge >= 0.3 is 18.2 Å². The minimum atomic E-state index is -4.84. The fraction of sp³-hybridized carbons (Fsp3) is 0.765. The van der Waals surface area contributed by atoms with E-state index in [1.165, 1.54) is 6.92 Å². The summed E-state index contributed by atoms with van der Waals surface area (Å²) in [5, 5.41) is 6.01. The number of esters is 1. The number of nitrogens with one attached hydrogen (secondary N) is 3. The molecule has 186 valence electrons. The van der Waals surface area contributed by atoms with Gasteiger partial charge in [-0.25, -0.2) is 9.59 Å². The normalized spacial score (nSPS) is 15.1. The second-order valence-corrected chi connectivity index (χ2v) is 10.2. The van der Waals surface area contributed by atoms with Gasteiger partial charge in [0.25, 0.3) is 0 Å². The van der Waals surface area contributed by atoms with E-state index < -0.39 is 70.6 Å². The smallest absolute Gasteiger partial charge is 0.408 e. The van der Waals surface area contributed by atoms with Crippen LogP contribution in [0.1, 0.15) is 41.0 Å². The van der Waals surface area contributed by atoms with Gasteiger partial charge in [-0.05, 0) is 34.6 Å². The average molecular weight is 531 g/mol. The highest BCUT2D eigenvalue weighted by Crippen LogP contribution is 2.26. The third-order valence-electron chi connectivity index (χ3n) is 3.29. The number of amides is 3. The quantitative estimate of drug-likeness (QED) is 0.328. The number of alkyl carbamates (subject to hydrolysis) is 1. The van der Waals surface area contributed by atoms with Crippen LogP contribution in [0.5, 0.6) is 0 Å². The number of carbonyl (C=O) groups is 4. The van der Waals surface area contributed by atoms with Gasteiger partial charge in [0.05, 0.1) is 6.42 Å². The second-order valence-electron chi connectivity index (χ2n) is 7.70. The summed E-state index contributed by atoms with van der Waals surface area (Å²) in [6, 6.07) is -4.85. The van der Waals surface area contributed by atoms with Crippen molar-refractivity contribution in [2.45, 2.75) is 74.7 Å². The van der Waals surface area contributed by atoms with Gasteiger partial charge in [0.15, 0.2) is 0 Å². The Hall–Kier alpha value is -1.66. The molecule has 3 N–H and O–H groups in total. The predicted octanol–water partition coefficient (Wildman–Crippen LogP) is 2.75. The number of halogens is 6. The molecule has 0 aromatic carbocycles. The van der Waals surface area contributed by atoms with Gasteiger partial charge < -0.3 is 25.4 Å². The number of hydrogen-bond donors (Lipinski definition) is 3. The minimum absolute atomic E-state index is 0.659. The first-order chi connectivity index (χ1) is 14.2. The summed E-state index contributed by atoms with van der Waals surface area (Å²) < 4.78 is 46.4. The van der Waals surface area contributed by atoms with Gasteiger partial charge in [0.1, 0.15) is 30.3 Å². The Morgan fingerprint density at radius 3 is 1.84 bits per heavy atom. The molecule has 9 nitrogen and oxygen atoms in total. The Balaban J connectivity index is 5.12. The molecule has 0 aliphatic rings. The molecular formula is C17H25Cl3F3N3O6. The molecule has 0 saturated heterocycles. The van der Waals surface area contributed by atoms with Crippen molar-refractivity contribution in [3.63, 3.8) is 0 Å². The summed E-state index contributed by atoms with van der Waals surface area (Å²) in [7, 11) is 0. The summed E-state index contributed by atoms with van der Waals surface area (Å²) in [6.45, 7) is 6.35. The summed E-state index contributed by atoms with van der Waals surface area (Å²) in [4.78, 5) is 48.0. The summed E-state index contributed by atoms with van der Waals surface area (Å²) >= 11 is 16.3. The number of ether oxygens (including phenoxy) is 2. The molecule has 0 rings (SSSR count). The fourth-order valence-electron chi connectivity index (χ4n) is 1.94. The monoisotopic (exact) mass is 529 g/mol. The van der Waals surface area contributed by atoms with Gasteiger partial charge in [0.2, 0.25) is 15.6 Å². The predicted molar refractivity (Wildman–Crippen MR) is 110 cm³/mol. The maximum atomic E-state index is 12.9. The third-order valence-corrected chi connectivity index (χ3v) is 3.61. The molecule has 3 atom stereocenters. The number of carbonyl (C=O) groups excluding carboxylic acids is 4. The molecule has 0 fully saturated rings. The zero-order valence-electron chi connectivity index (χ0n) is 17.9. The maximum absolute atomic E-state index is 12.9. The molecule has 0 aliphatic carbocycles. The van der Waals surface area contributed by atoms with Crippen molar-refractivity contribution in [1.29, 1.82) is 0 Å². The molecule has 3 amide bonds. The molecule has 32 heavy (non-hydrogen) atoms. The van der Waals surface area contributed by atoms with E-state index in [1.54, 1.807) is 20.8 Å². The van der Waals surface area contributed by atoms with Gasteiger partial charge in [0, 0.05) is 0 Å². The number of rotatable bonds is 8. The Morgan fingerprint density at radius 2 is 1.41 bits per heavy atom. The van der Waals surface area contributed by atoms with Crippen LogP contribution in [0.3, 0.4) is 0 Å². The lowest BCUT2D eigenvalue weighted by Crippen LogP contribution is -2.56. The van der Waals surface area contributed by atoms with Gasteiger partial charge in [-0.3, -0.25) is 9.59 Å². The van der Waals surface area contributed by atoms with E-state index in [-0.39, 0.29) is 0 Å². The van der Waals surface area contributed by atoms with Crippen LogP contribution in [0.2, 0.25) is 0 Å². The highest BCUT2D eigenvalue weighted by atomic mass is 35.6. The Labute approximate surface area is 198 Å². The van der Waals surface area contributed by atoms with Crippen molar-refractivity contribution in [2.75, 3.05) is 6.61 Å². The van der Waals surface area contributed by atoms with Crippen LogP contribution < -0.4 is 16.0 Å². The number of hydrogen-bond acceptors (Lipinski definition) is 6. The van der Waals surface area contributed by atoms with Gasteiger partial charge in [-0.1, -0.05) is 34.8 Å². The van der Waals surface area contributed by atoms with E-state index in [2.05, 4.69) is 10.1 Å². The largest absolute Gasteiger partial charge is 0.460 e. The van der Waals surface area contributed by atoms with Crippen molar-refractivity contribution < 1.29 is 41.8 Å². The fourth-order valence-corrected chi connectivity index (χ4v) is 2.10. The maximum Gasteiger partial charge on any atom is 0.408 e. The van der Waals surface area contributed by atoms with E-state index in [1.807, 2.05) is 10.6 Å². The Bertz CT molecular complexity index is 696. The van der Waals surface area contributed by atoms with E-state index in [0.29, 0.717) is 0 Å². The summed E-state index contributed by atoms with van der Waals surface area (Å²) in [6.07, 6.45) is -7.56. The molecule has 0 radical (unpaired) electrons. The first kappa shape index (κ1) is 30.3. The van der Waals surface area contributed by atoms with Crippen LogP contribution in [0, 0.1) is 0 Å². The number of alkyl halides is 6. The topological polar surface area (TPSA) is 123 Å². The van der Waals surface area contributed by atoms with Gasteiger partial charge in [-0.2, -0.15) is 13.2 Å². The summed E-state index contributed by atoms with van der Waals surface area (Å²) in [5.74, 6) is -3.49. The zero-order valence-corrected chi connectivity index (χ0v) is 20.1. The van der Waals surface area contributed by atoms with Gasteiger partial charge in [-0.15, -0.1) is 0 Å². The van der Waals surface area contributed by atoms with E-state index >= 15 is 0 Å². The van der Waals surface area contributed by atoms with Crippen molar-refractivity contribution in [2.24, 2.45) is 0 Å². The highest BCUT2D eigenvalue weighted by molar-refractivity contribution is 6.67. The Morgan fingerprint density at radius 1 is 0.875 bits per heavy atom. The van der Waals surface area contributed by atoms with E-state index in [9.17, 15) is 32.3 Å². The molecule has 0 aromatic rings. The Kier molecular flexibility index (Phi) is 11.4. The van der Waals surface area contributed by atoms with Crippen LogP contribution in [-0.2, 0) is 23.9 Å². The molecule has 0 aromatic heterocycles. The standard InChI is InChI=1S/C17H25Cl3F3N3O6/c1-8(25-14(30)32-15(3,4)5)11(27)26-10(6-17(21,22)23)12(28)24-9(2)13(29)31-7-16(18,19)20/h8-10H,6-7H2,1-5H3,(H,24,28)(H,25,30)(H,26,27)/t8-,9-,10-/m0/s1. The van der Waals surface area contributed by atoms with Crippen molar-refractivity contribution in [3.8, 4) is 0 Å². The van der Waals surface area contributed by atoms with Crippen LogP contribution >= 0.6 is 34.8 Å². The lowest BCUT2D eigenvalue weighted by molar-refractivity contribution is -0.153. The van der Waals surface area contributed by atoms with Crippen LogP contribution in [-0.4, -0.2) is 64.2 Å². The lowest BCUT2D eigenvalue weighted by atomic mass is 10.1. The molecule has 0 aliphatic heterocycles. The van der Waals surface area contributed by atoms with Crippen LogP contribution in [0.25, 0.3) is 0 Å².